The van der Waals surface area contributed by atoms with Crippen LogP contribution in [0.2, 0.25) is 0 Å². The van der Waals surface area contributed by atoms with Crippen molar-refractivity contribution in [2.45, 2.75) is 6.92 Å². The van der Waals surface area contributed by atoms with Crippen LogP contribution in [0.5, 0.6) is 0 Å². The third-order valence-electron chi connectivity index (χ3n) is 2.46. The van der Waals surface area contributed by atoms with Gasteiger partial charge in [0.2, 0.25) is 5.91 Å². The molecule has 92 valence electrons. The normalized spacial score (nSPS) is 9.89. The summed E-state index contributed by atoms with van der Waals surface area (Å²) in [7, 11) is 1.92. The van der Waals surface area contributed by atoms with Crippen LogP contribution in [-0.4, -0.2) is 22.9 Å². The lowest BCUT2D eigenvalue weighted by atomic mass is 10.3. The fraction of sp³-hybridized carbons (Fsp3) is 0.154. The van der Waals surface area contributed by atoms with E-state index in [1.807, 2.05) is 30.1 Å². The van der Waals surface area contributed by atoms with E-state index in [-0.39, 0.29) is 5.91 Å². The Morgan fingerprint density at radius 2 is 2.00 bits per heavy atom. The number of aromatic nitrogens is 2. The van der Waals surface area contributed by atoms with Crippen LogP contribution < -0.4 is 10.2 Å². The molecule has 0 aromatic carbocycles. The Morgan fingerprint density at radius 1 is 1.22 bits per heavy atom. The van der Waals surface area contributed by atoms with Gasteiger partial charge in [-0.3, -0.25) is 14.8 Å². The number of rotatable bonds is 3. The van der Waals surface area contributed by atoms with Gasteiger partial charge in [0.05, 0.1) is 35.7 Å². The second kappa shape index (κ2) is 5.27. The molecule has 0 bridgehead atoms. The van der Waals surface area contributed by atoms with Crippen LogP contribution in [-0.2, 0) is 4.79 Å². The first-order valence-electron chi connectivity index (χ1n) is 5.53. The topological polar surface area (TPSA) is 58.1 Å². The van der Waals surface area contributed by atoms with Gasteiger partial charge in [-0.05, 0) is 18.2 Å². The highest BCUT2D eigenvalue weighted by atomic mass is 16.1. The first kappa shape index (κ1) is 12.0. The van der Waals surface area contributed by atoms with E-state index in [0.29, 0.717) is 5.69 Å². The van der Waals surface area contributed by atoms with Crippen molar-refractivity contribution in [1.29, 1.82) is 0 Å². The highest BCUT2D eigenvalue weighted by Gasteiger charge is 2.05. The Bertz CT molecular complexity index is 542. The van der Waals surface area contributed by atoms with Crippen LogP contribution in [0.4, 0.5) is 17.1 Å². The van der Waals surface area contributed by atoms with Gasteiger partial charge in [0.25, 0.3) is 0 Å². The lowest BCUT2D eigenvalue weighted by molar-refractivity contribution is -0.114. The molecule has 0 aliphatic carbocycles. The Labute approximate surface area is 105 Å². The zero-order valence-corrected chi connectivity index (χ0v) is 10.3. The molecule has 2 aromatic heterocycles. The van der Waals surface area contributed by atoms with Crippen molar-refractivity contribution in [3.8, 4) is 0 Å². The summed E-state index contributed by atoms with van der Waals surface area (Å²) in [6.45, 7) is 1.47. The first-order valence-corrected chi connectivity index (χ1v) is 5.53. The molecular formula is C13H14N4O. The number of hydrogen-bond donors (Lipinski definition) is 1. The molecule has 0 aliphatic heterocycles. The molecule has 5 nitrogen and oxygen atoms in total. The number of carbonyl (C=O) groups is 1. The average molecular weight is 242 g/mol. The minimum Gasteiger partial charge on any atom is -0.342 e. The fourth-order valence-electron chi connectivity index (χ4n) is 1.58. The van der Waals surface area contributed by atoms with Gasteiger partial charge in [0.1, 0.15) is 0 Å². The number of carbonyl (C=O) groups excluding carboxylic acids is 1. The van der Waals surface area contributed by atoms with E-state index in [2.05, 4.69) is 15.3 Å². The highest BCUT2D eigenvalue weighted by molar-refractivity contribution is 5.89. The minimum absolute atomic E-state index is 0.113. The van der Waals surface area contributed by atoms with Crippen LogP contribution in [0.15, 0.2) is 43.0 Å². The molecule has 2 heterocycles. The van der Waals surface area contributed by atoms with Crippen molar-refractivity contribution in [2.24, 2.45) is 0 Å². The molecule has 1 N–H and O–H groups in total. The Balaban J connectivity index is 2.25. The highest BCUT2D eigenvalue weighted by Crippen LogP contribution is 2.23. The van der Waals surface area contributed by atoms with E-state index >= 15 is 0 Å². The smallest absolute Gasteiger partial charge is 0.221 e. The third kappa shape index (κ3) is 2.82. The van der Waals surface area contributed by atoms with Gasteiger partial charge in [0.15, 0.2) is 0 Å². The molecule has 0 saturated heterocycles. The number of amides is 1. The van der Waals surface area contributed by atoms with E-state index < -0.39 is 0 Å². The molecular weight excluding hydrogens is 228 g/mol. The first-order chi connectivity index (χ1) is 8.66. The number of anilines is 3. The van der Waals surface area contributed by atoms with Crippen molar-refractivity contribution < 1.29 is 4.79 Å². The maximum atomic E-state index is 11.0. The molecule has 1 amide bonds. The SMILES string of the molecule is CC(=O)Nc1cncc(N(C)c2cccnc2)c1. The summed E-state index contributed by atoms with van der Waals surface area (Å²) in [5.74, 6) is -0.113. The van der Waals surface area contributed by atoms with Crippen molar-refractivity contribution in [3.05, 3.63) is 43.0 Å². The maximum Gasteiger partial charge on any atom is 0.221 e. The van der Waals surface area contributed by atoms with Gasteiger partial charge in [-0.25, -0.2) is 0 Å². The monoisotopic (exact) mass is 242 g/mol. The number of nitrogens with zero attached hydrogens (tertiary/aromatic N) is 3. The quantitative estimate of drug-likeness (QED) is 0.896. The largest absolute Gasteiger partial charge is 0.342 e. The molecule has 0 spiro atoms. The van der Waals surface area contributed by atoms with Gasteiger partial charge in [0, 0.05) is 20.2 Å². The van der Waals surface area contributed by atoms with Crippen molar-refractivity contribution in [1.82, 2.24) is 9.97 Å². The van der Waals surface area contributed by atoms with E-state index in [4.69, 9.17) is 0 Å². The van der Waals surface area contributed by atoms with Crippen LogP contribution in [0.25, 0.3) is 0 Å². The summed E-state index contributed by atoms with van der Waals surface area (Å²) in [5.41, 5.74) is 2.52. The summed E-state index contributed by atoms with van der Waals surface area (Å²) in [4.78, 5) is 21.1. The molecule has 2 rings (SSSR count). The summed E-state index contributed by atoms with van der Waals surface area (Å²) in [6, 6.07) is 5.69. The molecule has 0 radical (unpaired) electrons. The van der Waals surface area contributed by atoms with Crippen molar-refractivity contribution in [2.75, 3.05) is 17.3 Å². The summed E-state index contributed by atoms with van der Waals surface area (Å²) < 4.78 is 0. The van der Waals surface area contributed by atoms with E-state index in [9.17, 15) is 4.79 Å². The van der Waals surface area contributed by atoms with E-state index in [1.165, 1.54) is 6.92 Å². The standard InChI is InChI=1S/C13H14N4O/c1-10(18)16-11-6-13(9-15-7-11)17(2)12-4-3-5-14-8-12/h3-9H,1-2H3,(H,16,18). The Kier molecular flexibility index (Phi) is 3.52. The summed E-state index contributed by atoms with van der Waals surface area (Å²) >= 11 is 0. The Morgan fingerprint density at radius 3 is 2.67 bits per heavy atom. The van der Waals surface area contributed by atoms with E-state index in [1.54, 1.807) is 24.8 Å². The zero-order chi connectivity index (χ0) is 13.0. The van der Waals surface area contributed by atoms with Gasteiger partial charge in [-0.1, -0.05) is 0 Å². The van der Waals surface area contributed by atoms with Crippen LogP contribution in [0, 0.1) is 0 Å². The minimum atomic E-state index is -0.113. The number of pyridine rings is 2. The average Bonchev–Trinajstić information content (AvgIpc) is 2.38. The second-order valence-corrected chi connectivity index (χ2v) is 3.88. The third-order valence-corrected chi connectivity index (χ3v) is 2.46. The van der Waals surface area contributed by atoms with Gasteiger partial charge < -0.3 is 10.2 Å². The predicted molar refractivity (Wildman–Crippen MR) is 70.8 cm³/mol. The summed E-state index contributed by atoms with van der Waals surface area (Å²) in [6.07, 6.45) is 6.84. The van der Waals surface area contributed by atoms with Crippen LogP contribution in [0.1, 0.15) is 6.92 Å². The second-order valence-electron chi connectivity index (χ2n) is 3.88. The Hall–Kier alpha value is -2.43. The van der Waals surface area contributed by atoms with Crippen LogP contribution in [0.3, 0.4) is 0 Å². The van der Waals surface area contributed by atoms with Gasteiger partial charge >= 0.3 is 0 Å². The molecule has 0 atom stereocenters. The number of hydrogen-bond acceptors (Lipinski definition) is 4. The molecule has 0 aliphatic rings. The molecule has 0 saturated carbocycles. The zero-order valence-electron chi connectivity index (χ0n) is 10.3. The lowest BCUT2D eigenvalue weighted by Crippen LogP contribution is -2.11. The van der Waals surface area contributed by atoms with Crippen LogP contribution >= 0.6 is 0 Å². The molecule has 18 heavy (non-hydrogen) atoms. The molecule has 0 fully saturated rings. The molecule has 5 heteroatoms. The van der Waals surface area contributed by atoms with Crippen molar-refractivity contribution >= 4 is 23.0 Å². The molecule has 0 unspecified atom stereocenters. The van der Waals surface area contributed by atoms with Crippen molar-refractivity contribution in [3.63, 3.8) is 0 Å². The maximum absolute atomic E-state index is 11.0. The number of nitrogens with one attached hydrogen (secondary N) is 1. The fourth-order valence-corrected chi connectivity index (χ4v) is 1.58. The van der Waals surface area contributed by atoms with Gasteiger partial charge in [-0.2, -0.15) is 0 Å². The summed E-state index contributed by atoms with van der Waals surface area (Å²) in [5, 5.41) is 2.71. The van der Waals surface area contributed by atoms with E-state index in [0.717, 1.165) is 11.4 Å². The molecule has 2 aromatic rings. The predicted octanol–water partition coefficient (Wildman–Crippen LogP) is 2.20. The lowest BCUT2D eigenvalue weighted by Gasteiger charge is -2.19. The van der Waals surface area contributed by atoms with Gasteiger partial charge in [-0.15, -0.1) is 0 Å².